The maximum atomic E-state index is 12.2. The summed E-state index contributed by atoms with van der Waals surface area (Å²) in [5, 5.41) is 8.66. The number of rotatable bonds is 4. The second kappa shape index (κ2) is 7.54. The lowest BCUT2D eigenvalue weighted by Gasteiger charge is -2.23. The number of aliphatic hydroxyl groups excluding tert-OH is 1. The third-order valence-corrected chi connectivity index (χ3v) is 4.26. The van der Waals surface area contributed by atoms with Crippen LogP contribution in [0.2, 0.25) is 0 Å². The third kappa shape index (κ3) is 4.81. The van der Waals surface area contributed by atoms with Gasteiger partial charge in [0, 0.05) is 12.1 Å². The third-order valence-electron chi connectivity index (χ3n) is 2.84. The highest BCUT2D eigenvalue weighted by Gasteiger charge is 2.19. The average molecular weight is 311 g/mol. The van der Waals surface area contributed by atoms with Gasteiger partial charge >= 0.3 is 0 Å². The minimum absolute atomic E-state index is 0.129. The molecule has 1 unspecified atom stereocenters. The van der Waals surface area contributed by atoms with Crippen molar-refractivity contribution in [2.45, 2.75) is 11.0 Å². The molecule has 114 valence electrons. The second-order valence-electron chi connectivity index (χ2n) is 4.41. The smallest absolute Gasteiger partial charge is 0.240 e. The maximum absolute atomic E-state index is 12.2. The van der Waals surface area contributed by atoms with Crippen molar-refractivity contribution >= 4 is 10.0 Å². The molecule has 7 heteroatoms. The molecule has 0 bridgehead atoms. The number of nitrogens with one attached hydrogen (secondary N) is 1. The first-order chi connectivity index (χ1) is 10.1. The molecule has 1 atom stereocenters. The molecule has 2 N–H and O–H groups in total. The zero-order valence-corrected chi connectivity index (χ0v) is 12.2. The Morgan fingerprint density at radius 2 is 2.24 bits per heavy atom. The minimum Gasteiger partial charge on any atom is -0.384 e. The predicted octanol–water partition coefficient (Wildman–Crippen LogP) is -0.276. The number of hydrogen-bond donors (Lipinski definition) is 2. The highest BCUT2D eigenvalue weighted by atomic mass is 32.2. The van der Waals surface area contributed by atoms with E-state index >= 15 is 0 Å². The summed E-state index contributed by atoms with van der Waals surface area (Å²) in [4.78, 5) is 0.129. The molecule has 1 aromatic rings. The summed E-state index contributed by atoms with van der Waals surface area (Å²) < 4.78 is 37.5. The fourth-order valence-electron chi connectivity index (χ4n) is 1.82. The summed E-state index contributed by atoms with van der Waals surface area (Å²) in [5.41, 5.74) is 0.532. The standard InChI is InChI=1S/C14H17NO5S/c16-6-2-4-12-3-1-5-14(9-12)21(17,18)15-10-13-11-19-7-8-20-13/h1,3,5,9,13,15-16H,6-8,10-11H2. The summed E-state index contributed by atoms with van der Waals surface area (Å²) in [7, 11) is -3.62. The van der Waals surface area contributed by atoms with Crippen LogP contribution in [-0.4, -0.2) is 52.6 Å². The van der Waals surface area contributed by atoms with Gasteiger partial charge in [0.2, 0.25) is 10.0 Å². The van der Waals surface area contributed by atoms with Crippen molar-refractivity contribution in [2.75, 3.05) is 33.0 Å². The second-order valence-corrected chi connectivity index (χ2v) is 6.17. The van der Waals surface area contributed by atoms with Gasteiger partial charge in [0.05, 0.1) is 30.8 Å². The van der Waals surface area contributed by atoms with Crippen molar-refractivity contribution in [2.24, 2.45) is 0 Å². The summed E-state index contributed by atoms with van der Waals surface area (Å²) in [5.74, 6) is 5.16. The van der Waals surface area contributed by atoms with Gasteiger partial charge in [-0.2, -0.15) is 0 Å². The van der Waals surface area contributed by atoms with Crippen molar-refractivity contribution in [1.29, 1.82) is 0 Å². The molecular formula is C14H17NO5S. The number of aliphatic hydroxyl groups is 1. The largest absolute Gasteiger partial charge is 0.384 e. The zero-order chi connectivity index (χ0) is 15.1. The molecule has 0 amide bonds. The molecule has 1 aliphatic rings. The van der Waals surface area contributed by atoms with Crippen LogP contribution in [0.4, 0.5) is 0 Å². The summed E-state index contributed by atoms with van der Waals surface area (Å²) >= 11 is 0. The van der Waals surface area contributed by atoms with E-state index in [9.17, 15) is 8.42 Å². The van der Waals surface area contributed by atoms with Crippen LogP contribution in [0.5, 0.6) is 0 Å². The Morgan fingerprint density at radius 3 is 2.95 bits per heavy atom. The Hall–Kier alpha value is -1.43. The van der Waals surface area contributed by atoms with E-state index in [1.807, 2.05) is 0 Å². The Morgan fingerprint density at radius 1 is 1.38 bits per heavy atom. The molecule has 6 nitrogen and oxygen atoms in total. The first-order valence-corrected chi connectivity index (χ1v) is 7.99. The van der Waals surface area contributed by atoms with E-state index < -0.39 is 10.0 Å². The molecular weight excluding hydrogens is 294 g/mol. The molecule has 0 aliphatic carbocycles. The van der Waals surface area contributed by atoms with Crippen LogP contribution < -0.4 is 4.72 Å². The van der Waals surface area contributed by atoms with Gasteiger partial charge in [0.25, 0.3) is 0 Å². The van der Waals surface area contributed by atoms with Gasteiger partial charge in [-0.1, -0.05) is 17.9 Å². The van der Waals surface area contributed by atoms with Crippen LogP contribution in [0.25, 0.3) is 0 Å². The minimum atomic E-state index is -3.62. The van der Waals surface area contributed by atoms with Crippen LogP contribution in [-0.2, 0) is 19.5 Å². The fraction of sp³-hybridized carbons (Fsp3) is 0.429. The normalized spacial score (nSPS) is 18.8. The molecule has 1 saturated heterocycles. The van der Waals surface area contributed by atoms with Gasteiger partial charge in [-0.15, -0.1) is 0 Å². The first-order valence-electron chi connectivity index (χ1n) is 6.50. The lowest BCUT2D eigenvalue weighted by Crippen LogP contribution is -2.39. The van der Waals surface area contributed by atoms with Crippen LogP contribution >= 0.6 is 0 Å². The molecule has 1 heterocycles. The van der Waals surface area contributed by atoms with Gasteiger partial charge in [0.15, 0.2) is 0 Å². The molecule has 0 spiro atoms. The fourth-order valence-corrected chi connectivity index (χ4v) is 2.93. The Bertz CT molecular complexity index is 626. The summed E-state index contributed by atoms with van der Waals surface area (Å²) in [6.45, 7) is 1.28. The summed E-state index contributed by atoms with van der Waals surface area (Å²) in [6, 6.07) is 6.24. The van der Waals surface area contributed by atoms with Crippen molar-refractivity contribution in [3.8, 4) is 11.8 Å². The number of sulfonamides is 1. The quantitative estimate of drug-likeness (QED) is 0.747. The van der Waals surface area contributed by atoms with Gasteiger partial charge in [-0.25, -0.2) is 13.1 Å². The SMILES string of the molecule is O=S(=O)(NCC1COCCO1)c1cccc(C#CCO)c1. The lowest BCUT2D eigenvalue weighted by atomic mass is 10.2. The van der Waals surface area contributed by atoms with E-state index in [0.29, 0.717) is 25.4 Å². The molecule has 2 rings (SSSR count). The van der Waals surface area contributed by atoms with Crippen LogP contribution in [0, 0.1) is 11.8 Å². The van der Waals surface area contributed by atoms with E-state index in [4.69, 9.17) is 14.6 Å². The Kier molecular flexibility index (Phi) is 5.73. The highest BCUT2D eigenvalue weighted by Crippen LogP contribution is 2.11. The van der Waals surface area contributed by atoms with E-state index in [2.05, 4.69) is 16.6 Å². The van der Waals surface area contributed by atoms with Crippen LogP contribution in [0.1, 0.15) is 5.56 Å². The van der Waals surface area contributed by atoms with Gasteiger partial charge in [-0.3, -0.25) is 0 Å². The van der Waals surface area contributed by atoms with Crippen molar-refractivity contribution < 1.29 is 23.0 Å². The van der Waals surface area contributed by atoms with Gasteiger partial charge in [-0.05, 0) is 18.2 Å². The highest BCUT2D eigenvalue weighted by molar-refractivity contribution is 7.89. The van der Waals surface area contributed by atoms with Crippen molar-refractivity contribution in [3.63, 3.8) is 0 Å². The van der Waals surface area contributed by atoms with Gasteiger partial charge < -0.3 is 14.6 Å². The monoisotopic (exact) mass is 311 g/mol. The van der Waals surface area contributed by atoms with E-state index in [-0.39, 0.29) is 24.2 Å². The Labute approximate surface area is 124 Å². The Balaban J connectivity index is 2.04. The zero-order valence-electron chi connectivity index (χ0n) is 11.4. The molecule has 0 aromatic heterocycles. The first kappa shape index (κ1) is 15.9. The molecule has 1 aliphatic heterocycles. The number of benzene rings is 1. The number of hydrogen-bond acceptors (Lipinski definition) is 5. The van der Waals surface area contributed by atoms with Crippen LogP contribution in [0.15, 0.2) is 29.2 Å². The molecule has 1 fully saturated rings. The van der Waals surface area contributed by atoms with Crippen molar-refractivity contribution in [1.82, 2.24) is 4.72 Å². The molecule has 1 aromatic carbocycles. The van der Waals surface area contributed by atoms with Gasteiger partial charge in [0.1, 0.15) is 6.61 Å². The number of ether oxygens (including phenoxy) is 2. The molecule has 21 heavy (non-hydrogen) atoms. The maximum Gasteiger partial charge on any atom is 0.240 e. The average Bonchev–Trinajstić information content (AvgIpc) is 2.52. The van der Waals surface area contributed by atoms with E-state index in [1.165, 1.54) is 12.1 Å². The summed E-state index contributed by atoms with van der Waals surface area (Å²) in [6.07, 6.45) is -0.272. The van der Waals surface area contributed by atoms with E-state index in [0.717, 1.165) is 0 Å². The van der Waals surface area contributed by atoms with E-state index in [1.54, 1.807) is 12.1 Å². The van der Waals surface area contributed by atoms with Crippen LogP contribution in [0.3, 0.4) is 0 Å². The lowest BCUT2D eigenvalue weighted by molar-refractivity contribution is -0.0846. The predicted molar refractivity (Wildman–Crippen MR) is 76.2 cm³/mol. The topological polar surface area (TPSA) is 84.9 Å². The van der Waals surface area contributed by atoms with Crippen molar-refractivity contribution in [3.05, 3.63) is 29.8 Å². The molecule has 0 saturated carbocycles. The molecule has 0 radical (unpaired) electrons.